The number of aromatic amines is 1. The molecule has 156 valence electrons. The first-order valence-corrected chi connectivity index (χ1v) is 10.8. The fourth-order valence-corrected chi connectivity index (χ4v) is 3.82. The molecule has 0 fully saturated rings. The Bertz CT molecular complexity index is 963. The van der Waals surface area contributed by atoms with Gasteiger partial charge in [0.25, 0.3) is 0 Å². The third-order valence-corrected chi connectivity index (χ3v) is 5.37. The summed E-state index contributed by atoms with van der Waals surface area (Å²) in [6.07, 6.45) is 5.81. The number of nitrogens with zero attached hydrogens (tertiary/aromatic N) is 5. The molecule has 1 atom stereocenters. The number of aliphatic imine (C=N–C) groups is 1. The van der Waals surface area contributed by atoms with E-state index in [2.05, 4.69) is 75.2 Å². The molecule has 4 rings (SSSR count). The summed E-state index contributed by atoms with van der Waals surface area (Å²) in [6.45, 7) is 5.26. The van der Waals surface area contributed by atoms with Gasteiger partial charge in [-0.25, -0.2) is 0 Å². The predicted molar refractivity (Wildman–Crippen MR) is 119 cm³/mol. The van der Waals surface area contributed by atoms with Crippen LogP contribution in [0, 0.1) is 0 Å². The molecule has 30 heavy (non-hydrogen) atoms. The van der Waals surface area contributed by atoms with E-state index < -0.39 is 0 Å². The van der Waals surface area contributed by atoms with Crippen molar-refractivity contribution in [2.45, 2.75) is 58.7 Å². The Morgan fingerprint density at radius 2 is 1.77 bits per heavy atom. The van der Waals surface area contributed by atoms with Crippen LogP contribution in [0.5, 0.6) is 0 Å². The number of benzene rings is 2. The topological polar surface area (TPSA) is 82.1 Å². The van der Waals surface area contributed by atoms with Gasteiger partial charge in [-0.2, -0.15) is 10.2 Å². The first-order chi connectivity index (χ1) is 14.8. The number of rotatable bonds is 9. The van der Waals surface area contributed by atoms with E-state index in [9.17, 15) is 0 Å². The van der Waals surface area contributed by atoms with Crippen LogP contribution < -0.4 is 5.43 Å². The first-order valence-electron chi connectivity index (χ1n) is 10.8. The van der Waals surface area contributed by atoms with E-state index in [4.69, 9.17) is 4.99 Å². The average Bonchev–Trinajstić information content (AvgIpc) is 3.44. The lowest BCUT2D eigenvalue weighted by atomic mass is 9.98. The quantitative estimate of drug-likeness (QED) is 0.547. The van der Waals surface area contributed by atoms with Crippen LogP contribution in [0.3, 0.4) is 0 Å². The molecule has 1 unspecified atom stereocenters. The Balaban J connectivity index is 1.50. The Kier molecular flexibility index (Phi) is 6.49. The molecule has 0 bridgehead atoms. The number of tetrazole rings is 1. The molecular formula is C23H29N7. The maximum atomic E-state index is 4.91. The fraction of sp³-hybridized carbons (Fsp3) is 0.391. The van der Waals surface area contributed by atoms with E-state index >= 15 is 0 Å². The average molecular weight is 404 g/mol. The van der Waals surface area contributed by atoms with Gasteiger partial charge in [0.05, 0.1) is 0 Å². The van der Waals surface area contributed by atoms with Gasteiger partial charge in [-0.3, -0.25) is 4.99 Å². The molecule has 2 aromatic carbocycles. The zero-order chi connectivity index (χ0) is 20.8. The molecule has 0 radical (unpaired) electrons. The number of aromatic nitrogens is 4. The smallest absolute Gasteiger partial charge is 0.205 e. The number of nitrogens with one attached hydrogen (secondary N) is 2. The normalized spacial score (nSPS) is 16.5. The monoisotopic (exact) mass is 403 g/mol. The number of hydrogen-bond donors (Lipinski definition) is 2. The van der Waals surface area contributed by atoms with Gasteiger partial charge >= 0.3 is 0 Å². The highest BCUT2D eigenvalue weighted by atomic mass is 15.6. The summed E-state index contributed by atoms with van der Waals surface area (Å²) >= 11 is 0. The Hall–Kier alpha value is -3.06. The number of H-pyrrole nitrogens is 1. The molecule has 0 saturated heterocycles. The summed E-state index contributed by atoms with van der Waals surface area (Å²) in [5.41, 5.74) is 8.00. The molecule has 0 saturated carbocycles. The van der Waals surface area contributed by atoms with Crippen molar-refractivity contribution in [2.75, 3.05) is 0 Å². The minimum atomic E-state index is 0.227. The van der Waals surface area contributed by atoms with Crippen molar-refractivity contribution in [3.05, 3.63) is 54.1 Å². The molecule has 0 amide bonds. The van der Waals surface area contributed by atoms with Gasteiger partial charge in [-0.05, 0) is 34.7 Å². The van der Waals surface area contributed by atoms with Crippen LogP contribution in [0.2, 0.25) is 0 Å². The summed E-state index contributed by atoms with van der Waals surface area (Å²) in [5.74, 6) is 1.72. The lowest BCUT2D eigenvalue weighted by Gasteiger charge is -2.23. The number of unbranched alkanes of at least 4 members (excludes halogenated alkanes) is 1. The van der Waals surface area contributed by atoms with Crippen LogP contribution in [0.4, 0.5) is 0 Å². The molecule has 2 heterocycles. The Morgan fingerprint density at radius 1 is 0.967 bits per heavy atom. The van der Waals surface area contributed by atoms with Crippen molar-refractivity contribution in [1.82, 2.24) is 31.1 Å². The number of hydrazine groups is 1. The lowest BCUT2D eigenvalue weighted by molar-refractivity contribution is 0.169. The summed E-state index contributed by atoms with van der Waals surface area (Å²) in [4.78, 5) is 4.91. The minimum absolute atomic E-state index is 0.227. The molecule has 7 nitrogen and oxygen atoms in total. The molecule has 0 spiro atoms. The van der Waals surface area contributed by atoms with Gasteiger partial charge in [0, 0.05) is 18.5 Å². The maximum Gasteiger partial charge on any atom is 0.205 e. The van der Waals surface area contributed by atoms with Crippen LogP contribution in [0.15, 0.2) is 53.5 Å². The highest BCUT2D eigenvalue weighted by Crippen LogP contribution is 2.30. The van der Waals surface area contributed by atoms with Crippen LogP contribution >= 0.6 is 0 Å². The molecule has 1 aliphatic heterocycles. The van der Waals surface area contributed by atoms with Crippen molar-refractivity contribution < 1.29 is 0 Å². The lowest BCUT2D eigenvalue weighted by Crippen LogP contribution is -2.40. The standard InChI is InChI=1S/C23H29N7/c1-3-5-11-22-24-21(8-4-2)27-30(22)16-17-12-14-18(15-13-17)19-9-6-7-10-20(19)23-25-28-29-26-23/h6-7,9-10,12-15,22H,3-5,8,11,16H2,1-2H3,(H,24,27)(H,25,26,28,29). The van der Waals surface area contributed by atoms with E-state index in [1.54, 1.807) is 0 Å². The van der Waals surface area contributed by atoms with Crippen molar-refractivity contribution in [2.24, 2.45) is 4.99 Å². The van der Waals surface area contributed by atoms with Gasteiger partial charge in [-0.15, -0.1) is 10.2 Å². The molecule has 3 aromatic rings. The minimum Gasteiger partial charge on any atom is -0.305 e. The van der Waals surface area contributed by atoms with Gasteiger partial charge in [0.15, 0.2) is 0 Å². The zero-order valence-electron chi connectivity index (χ0n) is 17.7. The molecule has 1 aromatic heterocycles. The van der Waals surface area contributed by atoms with Crippen molar-refractivity contribution in [3.63, 3.8) is 0 Å². The molecular weight excluding hydrogens is 374 g/mol. The van der Waals surface area contributed by atoms with E-state index in [-0.39, 0.29) is 6.17 Å². The van der Waals surface area contributed by atoms with Crippen molar-refractivity contribution in [3.8, 4) is 22.5 Å². The zero-order valence-corrected chi connectivity index (χ0v) is 17.7. The van der Waals surface area contributed by atoms with Crippen LogP contribution in [-0.2, 0) is 6.54 Å². The maximum absolute atomic E-state index is 4.91. The third kappa shape index (κ3) is 4.57. The molecule has 0 aliphatic carbocycles. The van der Waals surface area contributed by atoms with Crippen LogP contribution in [0.25, 0.3) is 22.5 Å². The first kappa shape index (κ1) is 20.2. The number of hydrogen-bond acceptors (Lipinski definition) is 6. The third-order valence-electron chi connectivity index (χ3n) is 5.37. The second-order valence-electron chi connectivity index (χ2n) is 7.67. The van der Waals surface area contributed by atoms with Gasteiger partial charge in [-0.1, -0.05) is 75.2 Å². The predicted octanol–water partition coefficient (Wildman–Crippen LogP) is 4.57. The van der Waals surface area contributed by atoms with Gasteiger partial charge in [0.1, 0.15) is 12.0 Å². The molecule has 1 aliphatic rings. The van der Waals surface area contributed by atoms with Crippen molar-refractivity contribution in [1.29, 1.82) is 0 Å². The highest BCUT2D eigenvalue weighted by molar-refractivity contribution is 5.83. The summed E-state index contributed by atoms with van der Waals surface area (Å²) < 4.78 is 0. The van der Waals surface area contributed by atoms with Crippen LogP contribution in [0.1, 0.15) is 51.5 Å². The Morgan fingerprint density at radius 3 is 2.47 bits per heavy atom. The summed E-state index contributed by atoms with van der Waals surface area (Å²) in [5, 5.41) is 16.8. The highest BCUT2D eigenvalue weighted by Gasteiger charge is 2.25. The summed E-state index contributed by atoms with van der Waals surface area (Å²) in [7, 11) is 0. The largest absolute Gasteiger partial charge is 0.305 e. The number of amidine groups is 1. The summed E-state index contributed by atoms with van der Waals surface area (Å²) in [6, 6.07) is 16.9. The SMILES string of the molecule is CCCCC1N=C(CCC)NN1Cc1ccc(-c2ccccc2-c2nn[nH]n2)cc1. The fourth-order valence-electron chi connectivity index (χ4n) is 3.82. The van der Waals surface area contributed by atoms with E-state index in [1.165, 1.54) is 18.4 Å². The molecule has 7 heteroatoms. The van der Waals surface area contributed by atoms with Crippen molar-refractivity contribution >= 4 is 5.84 Å². The van der Waals surface area contributed by atoms with Crippen LogP contribution in [-0.4, -0.2) is 37.6 Å². The Labute approximate surface area is 177 Å². The second kappa shape index (κ2) is 9.63. The van der Waals surface area contributed by atoms with E-state index in [0.717, 1.165) is 48.3 Å². The van der Waals surface area contributed by atoms with Gasteiger partial charge < -0.3 is 5.43 Å². The second-order valence-corrected chi connectivity index (χ2v) is 7.67. The molecule has 2 N–H and O–H groups in total. The van der Waals surface area contributed by atoms with E-state index in [0.29, 0.717) is 5.82 Å². The van der Waals surface area contributed by atoms with E-state index in [1.807, 2.05) is 18.2 Å². The van der Waals surface area contributed by atoms with Gasteiger partial charge in [0.2, 0.25) is 5.82 Å².